The number of sulfone groups is 1. The van der Waals surface area contributed by atoms with Gasteiger partial charge in [0.15, 0.2) is 9.84 Å². The molecule has 2 fully saturated rings. The number of para-hydroxylation sites is 1. The highest BCUT2D eigenvalue weighted by Gasteiger charge is 2.47. The van der Waals surface area contributed by atoms with Crippen LogP contribution in [0.25, 0.3) is 0 Å². The average Bonchev–Trinajstić information content (AvgIpc) is 2.88. The Balaban J connectivity index is 1.74. The number of methoxy groups -OCH3 is 1. The molecule has 0 aromatic heterocycles. The van der Waals surface area contributed by atoms with Crippen molar-refractivity contribution in [1.82, 2.24) is 9.80 Å². The first-order valence-corrected chi connectivity index (χ1v) is 9.88. The largest absolute Gasteiger partial charge is 0.383 e. The van der Waals surface area contributed by atoms with E-state index in [1.807, 2.05) is 30.3 Å². The summed E-state index contributed by atoms with van der Waals surface area (Å²) in [7, 11) is -1.50. The fourth-order valence-electron chi connectivity index (χ4n) is 3.48. The molecule has 2 amide bonds. The molecular formula is C16H23N3O4S. The lowest BCUT2D eigenvalue weighted by Gasteiger charge is -2.43. The number of fused-ring (bicyclic) bond motifs is 1. The fourth-order valence-corrected chi connectivity index (χ4v) is 5.49. The van der Waals surface area contributed by atoms with Gasteiger partial charge in [-0.05, 0) is 12.1 Å². The Bertz CT molecular complexity index is 680. The van der Waals surface area contributed by atoms with Crippen LogP contribution in [0.4, 0.5) is 10.5 Å². The van der Waals surface area contributed by atoms with Gasteiger partial charge in [-0.2, -0.15) is 0 Å². The minimum Gasteiger partial charge on any atom is -0.383 e. The molecule has 8 heteroatoms. The number of urea groups is 1. The summed E-state index contributed by atoms with van der Waals surface area (Å²) < 4.78 is 29.4. The molecule has 1 aromatic rings. The van der Waals surface area contributed by atoms with Crippen LogP contribution in [0.5, 0.6) is 0 Å². The molecule has 1 aromatic carbocycles. The number of nitrogens with zero attached hydrogens (tertiary/aromatic N) is 2. The van der Waals surface area contributed by atoms with Crippen molar-refractivity contribution in [1.29, 1.82) is 0 Å². The Morgan fingerprint density at radius 1 is 1.21 bits per heavy atom. The Morgan fingerprint density at radius 2 is 1.92 bits per heavy atom. The second-order valence-corrected chi connectivity index (χ2v) is 8.38. The van der Waals surface area contributed by atoms with Gasteiger partial charge in [0, 0.05) is 38.5 Å². The molecule has 132 valence electrons. The van der Waals surface area contributed by atoms with Gasteiger partial charge in [-0.3, -0.25) is 4.90 Å². The van der Waals surface area contributed by atoms with Gasteiger partial charge in [0.25, 0.3) is 0 Å². The van der Waals surface area contributed by atoms with E-state index in [1.54, 1.807) is 12.0 Å². The molecule has 0 unspecified atom stereocenters. The monoisotopic (exact) mass is 353 g/mol. The highest BCUT2D eigenvalue weighted by Crippen LogP contribution is 2.27. The van der Waals surface area contributed by atoms with Crippen LogP contribution in [-0.4, -0.2) is 81.2 Å². The number of ether oxygens (including phenoxy) is 1. The quantitative estimate of drug-likeness (QED) is 0.860. The summed E-state index contributed by atoms with van der Waals surface area (Å²) in [6.45, 7) is 2.40. The summed E-state index contributed by atoms with van der Waals surface area (Å²) in [6.07, 6.45) is 0. The Kier molecular flexibility index (Phi) is 5.07. The molecule has 0 radical (unpaired) electrons. The third-order valence-corrected chi connectivity index (χ3v) is 6.36. The maximum atomic E-state index is 12.6. The first-order valence-electron chi connectivity index (χ1n) is 8.06. The molecular weight excluding hydrogens is 330 g/mol. The molecule has 2 aliphatic heterocycles. The number of nitrogens with one attached hydrogen (secondary N) is 1. The van der Waals surface area contributed by atoms with Crippen molar-refractivity contribution in [3.05, 3.63) is 30.3 Å². The number of amides is 2. The van der Waals surface area contributed by atoms with Crippen LogP contribution >= 0.6 is 0 Å². The normalized spacial score (nSPS) is 26.1. The van der Waals surface area contributed by atoms with Gasteiger partial charge in [0.05, 0.1) is 24.2 Å². The fraction of sp³-hybridized carbons (Fsp3) is 0.562. The summed E-state index contributed by atoms with van der Waals surface area (Å²) in [5.41, 5.74) is 0.710. The SMILES string of the molecule is COCCN1CCN(C(=O)Nc2ccccc2)[C@@H]2CS(=O)(=O)C[C@@H]21. The third kappa shape index (κ3) is 3.71. The lowest BCUT2D eigenvalue weighted by molar-refractivity contribution is 0.0499. The van der Waals surface area contributed by atoms with Gasteiger partial charge in [-0.1, -0.05) is 18.2 Å². The van der Waals surface area contributed by atoms with Crippen molar-refractivity contribution >= 4 is 21.6 Å². The molecule has 2 heterocycles. The molecule has 0 spiro atoms. The van der Waals surface area contributed by atoms with E-state index < -0.39 is 9.84 Å². The second-order valence-electron chi connectivity index (χ2n) is 6.23. The van der Waals surface area contributed by atoms with Gasteiger partial charge in [-0.25, -0.2) is 13.2 Å². The highest BCUT2D eigenvalue weighted by molar-refractivity contribution is 7.91. The van der Waals surface area contributed by atoms with Crippen molar-refractivity contribution in [2.45, 2.75) is 12.1 Å². The van der Waals surface area contributed by atoms with E-state index in [4.69, 9.17) is 4.74 Å². The van der Waals surface area contributed by atoms with Crippen LogP contribution < -0.4 is 5.32 Å². The maximum Gasteiger partial charge on any atom is 0.322 e. The number of piperazine rings is 1. The van der Waals surface area contributed by atoms with Crippen LogP contribution in [0.15, 0.2) is 30.3 Å². The summed E-state index contributed by atoms with van der Waals surface area (Å²) in [4.78, 5) is 16.4. The summed E-state index contributed by atoms with van der Waals surface area (Å²) in [6, 6.07) is 8.52. The lowest BCUT2D eigenvalue weighted by atomic mass is 10.1. The molecule has 2 aliphatic rings. The van der Waals surface area contributed by atoms with Gasteiger partial charge >= 0.3 is 6.03 Å². The predicted octanol–water partition coefficient (Wildman–Crippen LogP) is 0.648. The number of anilines is 1. The zero-order valence-electron chi connectivity index (χ0n) is 13.7. The van der Waals surface area contributed by atoms with Crippen LogP contribution in [0.3, 0.4) is 0 Å². The number of carbonyl (C=O) groups is 1. The average molecular weight is 353 g/mol. The van der Waals surface area contributed by atoms with Gasteiger partial charge < -0.3 is 15.0 Å². The van der Waals surface area contributed by atoms with Gasteiger partial charge in [-0.15, -0.1) is 0 Å². The van der Waals surface area contributed by atoms with Gasteiger partial charge in [0.1, 0.15) is 0 Å². The first-order chi connectivity index (χ1) is 11.5. The lowest BCUT2D eigenvalue weighted by Crippen LogP contribution is -2.61. The summed E-state index contributed by atoms with van der Waals surface area (Å²) in [5, 5.41) is 2.86. The molecule has 7 nitrogen and oxygen atoms in total. The van der Waals surface area contributed by atoms with Crippen LogP contribution in [0.1, 0.15) is 0 Å². The van der Waals surface area contributed by atoms with Crippen molar-refractivity contribution in [3.8, 4) is 0 Å². The second kappa shape index (κ2) is 7.08. The molecule has 2 saturated heterocycles. The molecule has 0 bridgehead atoms. The number of benzene rings is 1. The minimum atomic E-state index is -3.13. The maximum absolute atomic E-state index is 12.6. The van der Waals surface area contributed by atoms with Crippen molar-refractivity contribution < 1.29 is 17.9 Å². The molecule has 2 atom stereocenters. The third-order valence-electron chi connectivity index (χ3n) is 4.66. The van der Waals surface area contributed by atoms with Crippen molar-refractivity contribution in [2.75, 3.05) is 50.2 Å². The molecule has 0 aliphatic carbocycles. The molecule has 1 N–H and O–H groups in total. The Labute approximate surface area is 142 Å². The number of carbonyl (C=O) groups excluding carboxylic acids is 1. The molecule has 0 saturated carbocycles. The zero-order chi connectivity index (χ0) is 17.2. The van der Waals surface area contributed by atoms with Gasteiger partial charge in [0.2, 0.25) is 0 Å². The van der Waals surface area contributed by atoms with Crippen molar-refractivity contribution in [3.63, 3.8) is 0 Å². The Morgan fingerprint density at radius 3 is 2.62 bits per heavy atom. The van der Waals surface area contributed by atoms with Crippen LogP contribution in [0.2, 0.25) is 0 Å². The van der Waals surface area contributed by atoms with Crippen LogP contribution in [0, 0.1) is 0 Å². The minimum absolute atomic E-state index is 0.0311. The summed E-state index contributed by atoms with van der Waals surface area (Å²) >= 11 is 0. The smallest absolute Gasteiger partial charge is 0.322 e. The van der Waals surface area contributed by atoms with Crippen molar-refractivity contribution in [2.24, 2.45) is 0 Å². The summed E-state index contributed by atoms with van der Waals surface area (Å²) in [5.74, 6) is 0.139. The van der Waals surface area contributed by atoms with E-state index in [0.29, 0.717) is 31.9 Å². The van der Waals surface area contributed by atoms with Crippen LogP contribution in [-0.2, 0) is 14.6 Å². The van der Waals surface area contributed by atoms with E-state index in [2.05, 4.69) is 10.2 Å². The highest BCUT2D eigenvalue weighted by atomic mass is 32.2. The topological polar surface area (TPSA) is 79.0 Å². The molecule has 3 rings (SSSR count). The number of rotatable bonds is 4. The first kappa shape index (κ1) is 17.2. The van der Waals surface area contributed by atoms with E-state index in [1.165, 1.54) is 0 Å². The Hall–Kier alpha value is -1.64. The van der Waals surface area contributed by atoms with E-state index >= 15 is 0 Å². The standard InChI is InChI=1S/C16H23N3O4S/c1-23-10-9-18-7-8-19(15-12-24(21,22)11-14(15)18)16(20)17-13-5-3-2-4-6-13/h2-6,14-15H,7-12H2,1H3,(H,17,20)/t14-,15+/m0/s1. The number of hydrogen-bond acceptors (Lipinski definition) is 5. The molecule has 24 heavy (non-hydrogen) atoms. The zero-order valence-corrected chi connectivity index (χ0v) is 14.5. The van der Waals surface area contributed by atoms with E-state index in [0.717, 1.165) is 0 Å². The van der Waals surface area contributed by atoms with E-state index in [-0.39, 0.29) is 29.6 Å². The number of hydrogen-bond donors (Lipinski definition) is 1. The van der Waals surface area contributed by atoms with E-state index in [9.17, 15) is 13.2 Å². The predicted molar refractivity (Wildman–Crippen MR) is 91.8 cm³/mol.